The Bertz CT molecular complexity index is 1010. The molecule has 5 aliphatic carbocycles. The molecule has 5 aliphatic rings. The third-order valence-electron chi connectivity index (χ3n) is 13.2. The van der Waals surface area contributed by atoms with Crippen molar-refractivity contribution in [3.63, 3.8) is 0 Å². The average molecular weight is 487 g/mol. The number of ketones is 1. The van der Waals surface area contributed by atoms with E-state index in [2.05, 4.69) is 41.5 Å². The fourth-order valence-electron chi connectivity index (χ4n) is 10.4. The highest BCUT2D eigenvalue weighted by molar-refractivity contribution is 5.96. The summed E-state index contributed by atoms with van der Waals surface area (Å²) in [4.78, 5) is 26.5. The minimum absolute atomic E-state index is 0.111. The van der Waals surface area contributed by atoms with E-state index in [1.807, 2.05) is 0 Å². The third-order valence-corrected chi connectivity index (χ3v) is 13.2. The summed E-state index contributed by atoms with van der Waals surface area (Å²) in [6, 6.07) is 0. The molecular formula is C30H46O5. The van der Waals surface area contributed by atoms with Crippen LogP contribution in [0.1, 0.15) is 106 Å². The maximum atomic E-state index is 14.2. The first-order chi connectivity index (χ1) is 15.9. The zero-order valence-electron chi connectivity index (χ0n) is 22.8. The molecule has 0 aromatic carbocycles. The Hall–Kier alpha value is -1.20. The number of aliphatic carboxylic acids is 1. The summed E-state index contributed by atoms with van der Waals surface area (Å²) in [6.07, 6.45) is 7.96. The van der Waals surface area contributed by atoms with Gasteiger partial charge in [-0.05, 0) is 104 Å². The van der Waals surface area contributed by atoms with E-state index in [1.54, 1.807) is 13.0 Å². The van der Waals surface area contributed by atoms with Crippen LogP contribution in [-0.2, 0) is 9.59 Å². The molecule has 4 fully saturated rings. The Morgan fingerprint density at radius 2 is 1.54 bits per heavy atom. The number of hydrogen-bond acceptors (Lipinski definition) is 4. The second kappa shape index (κ2) is 7.01. The molecule has 4 saturated carbocycles. The van der Waals surface area contributed by atoms with E-state index in [9.17, 15) is 24.9 Å². The maximum absolute atomic E-state index is 14.2. The van der Waals surface area contributed by atoms with Crippen LogP contribution in [0.5, 0.6) is 0 Å². The molecule has 0 heterocycles. The number of allylic oxidation sites excluding steroid dienone is 1. The van der Waals surface area contributed by atoms with Crippen LogP contribution in [0.3, 0.4) is 0 Å². The first kappa shape index (κ1) is 25.4. The normalized spacial score (nSPS) is 55.1. The highest BCUT2D eigenvalue weighted by atomic mass is 16.4. The molecule has 0 aromatic rings. The maximum Gasteiger partial charge on any atom is 0.309 e. The molecule has 0 spiro atoms. The number of carboxylic acid groups (broad SMARTS) is 1. The second-order valence-electron chi connectivity index (χ2n) is 15.1. The molecule has 9 atom stereocenters. The van der Waals surface area contributed by atoms with Crippen LogP contribution in [0, 0.1) is 44.3 Å². The van der Waals surface area contributed by atoms with Crippen molar-refractivity contribution in [3.8, 4) is 0 Å². The molecule has 5 rings (SSSR count). The molecule has 0 bridgehead atoms. The number of aliphatic hydroxyl groups excluding tert-OH is 1. The molecule has 0 aromatic heterocycles. The van der Waals surface area contributed by atoms with Gasteiger partial charge in [0, 0.05) is 11.3 Å². The van der Waals surface area contributed by atoms with Gasteiger partial charge in [0.2, 0.25) is 0 Å². The largest absolute Gasteiger partial charge is 0.481 e. The Morgan fingerprint density at radius 3 is 2.17 bits per heavy atom. The summed E-state index contributed by atoms with van der Waals surface area (Å²) in [5.41, 5.74) is -3.03. The van der Waals surface area contributed by atoms with E-state index in [4.69, 9.17) is 0 Å². The SMILES string of the molecule is CC1(C)[C@H]2CC[C@]3(C)[C@H](C(=O)C=C4[C@@]3(C)CC[C@@]3(C)CC[C@](C)(C(=O)O)C[C@]43O)[C@@]2(C)CC[C@@H]1O. The van der Waals surface area contributed by atoms with Gasteiger partial charge in [0.1, 0.15) is 0 Å². The number of hydrogen-bond donors (Lipinski definition) is 3. The molecule has 0 radical (unpaired) electrons. The molecule has 3 N–H and O–H groups in total. The highest BCUT2D eigenvalue weighted by Crippen LogP contribution is 2.75. The van der Waals surface area contributed by atoms with E-state index in [0.717, 1.165) is 37.7 Å². The number of carbonyl (C=O) groups is 2. The minimum atomic E-state index is -1.30. The van der Waals surface area contributed by atoms with Gasteiger partial charge >= 0.3 is 5.97 Å². The van der Waals surface area contributed by atoms with E-state index in [-0.39, 0.29) is 51.8 Å². The van der Waals surface area contributed by atoms with Crippen LogP contribution < -0.4 is 0 Å². The molecule has 196 valence electrons. The lowest BCUT2D eigenvalue weighted by molar-refractivity contribution is -0.219. The number of carbonyl (C=O) groups excluding carboxylic acids is 1. The molecule has 35 heavy (non-hydrogen) atoms. The van der Waals surface area contributed by atoms with E-state index < -0.39 is 22.4 Å². The predicted octanol–water partition coefficient (Wildman–Crippen LogP) is 5.53. The van der Waals surface area contributed by atoms with Crippen molar-refractivity contribution < 1.29 is 24.9 Å². The minimum Gasteiger partial charge on any atom is -0.481 e. The fourth-order valence-corrected chi connectivity index (χ4v) is 10.4. The van der Waals surface area contributed by atoms with Crippen molar-refractivity contribution in [1.82, 2.24) is 0 Å². The van der Waals surface area contributed by atoms with Crippen LogP contribution in [-0.4, -0.2) is 38.8 Å². The van der Waals surface area contributed by atoms with Crippen LogP contribution in [0.2, 0.25) is 0 Å². The van der Waals surface area contributed by atoms with Gasteiger partial charge in [0.25, 0.3) is 0 Å². The number of aliphatic hydroxyl groups is 2. The van der Waals surface area contributed by atoms with Gasteiger partial charge in [-0.25, -0.2) is 0 Å². The first-order valence-electron chi connectivity index (χ1n) is 13.8. The van der Waals surface area contributed by atoms with E-state index in [1.165, 1.54) is 0 Å². The van der Waals surface area contributed by atoms with Gasteiger partial charge in [0.15, 0.2) is 5.78 Å². The van der Waals surface area contributed by atoms with Gasteiger partial charge in [0.05, 0.1) is 17.1 Å². The summed E-state index contributed by atoms with van der Waals surface area (Å²) < 4.78 is 0. The molecular weight excluding hydrogens is 440 g/mol. The molecule has 0 unspecified atom stereocenters. The second-order valence-corrected chi connectivity index (χ2v) is 15.1. The van der Waals surface area contributed by atoms with Crippen molar-refractivity contribution in [3.05, 3.63) is 11.6 Å². The monoisotopic (exact) mass is 486 g/mol. The fraction of sp³-hybridized carbons (Fsp3) is 0.867. The zero-order valence-corrected chi connectivity index (χ0v) is 22.8. The summed E-state index contributed by atoms with van der Waals surface area (Å²) in [5.74, 6) is -0.638. The van der Waals surface area contributed by atoms with Crippen LogP contribution in [0.4, 0.5) is 0 Å². The van der Waals surface area contributed by atoms with Crippen LogP contribution in [0.15, 0.2) is 11.6 Å². The van der Waals surface area contributed by atoms with Gasteiger partial charge in [-0.2, -0.15) is 0 Å². The van der Waals surface area contributed by atoms with Gasteiger partial charge < -0.3 is 15.3 Å². The van der Waals surface area contributed by atoms with Crippen molar-refractivity contribution in [2.24, 2.45) is 44.3 Å². The van der Waals surface area contributed by atoms with Crippen LogP contribution >= 0.6 is 0 Å². The van der Waals surface area contributed by atoms with E-state index in [0.29, 0.717) is 19.3 Å². The van der Waals surface area contributed by atoms with Crippen molar-refractivity contribution in [2.45, 2.75) is 118 Å². The lowest BCUT2D eigenvalue weighted by atomic mass is 9.33. The molecule has 5 heteroatoms. The Morgan fingerprint density at radius 1 is 0.914 bits per heavy atom. The van der Waals surface area contributed by atoms with Crippen LogP contribution in [0.25, 0.3) is 0 Å². The van der Waals surface area contributed by atoms with Gasteiger partial charge in [-0.3, -0.25) is 9.59 Å². The predicted molar refractivity (Wildman–Crippen MR) is 135 cm³/mol. The molecule has 0 amide bonds. The van der Waals surface area contributed by atoms with Crippen molar-refractivity contribution in [1.29, 1.82) is 0 Å². The number of fused-ring (bicyclic) bond motifs is 7. The Kier molecular flexibility index (Phi) is 5.10. The first-order valence-corrected chi connectivity index (χ1v) is 13.8. The summed E-state index contributed by atoms with van der Waals surface area (Å²) in [7, 11) is 0. The molecule has 5 nitrogen and oxygen atoms in total. The summed E-state index contributed by atoms with van der Waals surface area (Å²) in [6.45, 7) is 15.0. The van der Waals surface area contributed by atoms with Crippen molar-refractivity contribution in [2.75, 3.05) is 0 Å². The molecule has 0 saturated heterocycles. The average Bonchev–Trinajstić information content (AvgIpc) is 2.74. The summed E-state index contributed by atoms with van der Waals surface area (Å²) in [5, 5.41) is 33.4. The quantitative estimate of drug-likeness (QED) is 0.453. The Balaban J connectivity index is 1.66. The lowest BCUT2D eigenvalue weighted by Gasteiger charge is -2.71. The number of carboxylic acids is 1. The topological polar surface area (TPSA) is 94.8 Å². The summed E-state index contributed by atoms with van der Waals surface area (Å²) >= 11 is 0. The highest BCUT2D eigenvalue weighted by Gasteiger charge is 2.73. The lowest BCUT2D eigenvalue weighted by Crippen LogP contribution is -2.70. The smallest absolute Gasteiger partial charge is 0.309 e. The number of rotatable bonds is 1. The third kappa shape index (κ3) is 2.83. The zero-order chi connectivity index (χ0) is 26.0. The van der Waals surface area contributed by atoms with Crippen molar-refractivity contribution >= 4 is 11.8 Å². The Labute approximate surface area is 210 Å². The van der Waals surface area contributed by atoms with E-state index >= 15 is 0 Å². The standard InChI is InChI=1S/C30H46O5/c1-24(2)19-8-11-29(7)22(27(19,5)10-9-21(24)32)18(31)16-20-28(29,6)15-14-26(4)13-12-25(3,23(33)34)17-30(20,26)35/h16,19,21-22,32,35H,8-15,17H2,1-7H3,(H,33,34)/t19-,21+,22-,25+,26-,27+,28-,29-,30+/m1/s1. The van der Waals surface area contributed by atoms with Gasteiger partial charge in [-0.15, -0.1) is 0 Å². The van der Waals surface area contributed by atoms with Gasteiger partial charge in [-0.1, -0.05) is 41.5 Å². The molecule has 0 aliphatic heterocycles.